The molecule has 3 heterocycles. The fraction of sp³-hybridized carbons (Fsp3) is 0.154. The summed E-state index contributed by atoms with van der Waals surface area (Å²) >= 11 is 0.708. The second-order valence-electron chi connectivity index (χ2n) is 4.27. The summed E-state index contributed by atoms with van der Waals surface area (Å²) in [7, 11) is 0. The van der Waals surface area contributed by atoms with Gasteiger partial charge in [0.2, 0.25) is 0 Å². The number of rotatable bonds is 1. The highest BCUT2D eigenvalue weighted by Crippen LogP contribution is 2.42. The van der Waals surface area contributed by atoms with Gasteiger partial charge < -0.3 is 4.98 Å². The molecule has 3 aromatic rings. The Labute approximate surface area is 110 Å². The number of thiophene rings is 1. The second kappa shape index (κ2) is 4.09. The van der Waals surface area contributed by atoms with E-state index in [1.165, 1.54) is 11.4 Å². The molecule has 19 heavy (non-hydrogen) atoms. The van der Waals surface area contributed by atoms with Crippen molar-refractivity contribution in [3.63, 3.8) is 0 Å². The number of hydrogen-bond acceptors (Lipinski definition) is 2. The summed E-state index contributed by atoms with van der Waals surface area (Å²) in [6, 6.07) is 3.34. The third kappa shape index (κ3) is 2.02. The number of nitrogens with zero attached hydrogens (tertiary/aromatic N) is 1. The van der Waals surface area contributed by atoms with Gasteiger partial charge in [0.1, 0.15) is 10.5 Å². The van der Waals surface area contributed by atoms with Gasteiger partial charge in [-0.2, -0.15) is 13.2 Å². The van der Waals surface area contributed by atoms with E-state index in [2.05, 4.69) is 9.97 Å². The minimum absolute atomic E-state index is 0.205. The quantitative estimate of drug-likeness (QED) is 0.693. The molecule has 0 radical (unpaired) electrons. The van der Waals surface area contributed by atoms with Crippen molar-refractivity contribution >= 4 is 22.4 Å². The van der Waals surface area contributed by atoms with Crippen molar-refractivity contribution in [1.82, 2.24) is 9.97 Å². The predicted octanol–water partition coefficient (Wildman–Crippen LogP) is 4.62. The smallest absolute Gasteiger partial charge is 0.346 e. The number of H-pyrrole nitrogens is 1. The first-order chi connectivity index (χ1) is 8.97. The molecule has 3 rings (SSSR count). The Bertz CT molecular complexity index is 740. The lowest BCUT2D eigenvalue weighted by Gasteiger charge is -2.06. The first kappa shape index (κ1) is 12.2. The fourth-order valence-electron chi connectivity index (χ4n) is 2.07. The van der Waals surface area contributed by atoms with Crippen molar-refractivity contribution in [2.24, 2.45) is 0 Å². The van der Waals surface area contributed by atoms with Gasteiger partial charge in [-0.25, -0.2) is 4.98 Å². The summed E-state index contributed by atoms with van der Waals surface area (Å²) in [4.78, 5) is 6.50. The number of fused-ring (bicyclic) bond motifs is 1. The molecule has 0 saturated heterocycles. The van der Waals surface area contributed by atoms with Gasteiger partial charge in [0.15, 0.2) is 0 Å². The van der Waals surface area contributed by atoms with E-state index < -0.39 is 11.1 Å². The molecule has 6 heteroatoms. The molecular weight excluding hydrogens is 273 g/mol. The first-order valence-electron chi connectivity index (χ1n) is 5.55. The maximum Gasteiger partial charge on any atom is 0.426 e. The van der Waals surface area contributed by atoms with Crippen LogP contribution in [0, 0.1) is 6.92 Å². The lowest BCUT2D eigenvalue weighted by molar-refractivity contribution is -0.133. The van der Waals surface area contributed by atoms with Crippen LogP contribution in [0.2, 0.25) is 0 Å². The zero-order valence-electron chi connectivity index (χ0n) is 9.88. The van der Waals surface area contributed by atoms with Crippen molar-refractivity contribution in [2.75, 3.05) is 0 Å². The number of aromatic amines is 1. The topological polar surface area (TPSA) is 28.7 Å². The number of nitrogens with one attached hydrogen (secondary N) is 1. The van der Waals surface area contributed by atoms with Crippen molar-refractivity contribution in [2.45, 2.75) is 13.1 Å². The van der Waals surface area contributed by atoms with Crippen LogP contribution in [0.1, 0.15) is 10.4 Å². The maximum atomic E-state index is 12.9. The van der Waals surface area contributed by atoms with E-state index >= 15 is 0 Å². The number of halogens is 3. The van der Waals surface area contributed by atoms with Crippen LogP contribution in [0.5, 0.6) is 0 Å². The average molecular weight is 282 g/mol. The van der Waals surface area contributed by atoms with Crippen molar-refractivity contribution in [1.29, 1.82) is 0 Å². The number of alkyl halides is 3. The van der Waals surface area contributed by atoms with Crippen molar-refractivity contribution in [3.8, 4) is 11.1 Å². The fourth-order valence-corrected chi connectivity index (χ4v) is 2.85. The Hall–Kier alpha value is -1.82. The first-order valence-corrected chi connectivity index (χ1v) is 6.43. The van der Waals surface area contributed by atoms with Crippen LogP contribution in [0.4, 0.5) is 13.2 Å². The molecule has 0 fully saturated rings. The summed E-state index contributed by atoms with van der Waals surface area (Å²) in [5.74, 6) is 0. The van der Waals surface area contributed by atoms with Gasteiger partial charge in [-0.15, -0.1) is 11.3 Å². The van der Waals surface area contributed by atoms with E-state index in [-0.39, 0.29) is 5.56 Å². The molecule has 0 atom stereocenters. The van der Waals surface area contributed by atoms with E-state index in [9.17, 15) is 13.2 Å². The van der Waals surface area contributed by atoms with Gasteiger partial charge in [-0.1, -0.05) is 0 Å². The van der Waals surface area contributed by atoms with E-state index in [4.69, 9.17) is 0 Å². The van der Waals surface area contributed by atoms with Gasteiger partial charge in [0.25, 0.3) is 0 Å². The molecule has 1 N–H and O–H groups in total. The van der Waals surface area contributed by atoms with Crippen molar-refractivity contribution in [3.05, 3.63) is 40.3 Å². The largest absolute Gasteiger partial charge is 0.426 e. The van der Waals surface area contributed by atoms with E-state index in [1.54, 1.807) is 12.4 Å². The van der Waals surface area contributed by atoms with Gasteiger partial charge in [-0.05, 0) is 30.0 Å². The summed E-state index contributed by atoms with van der Waals surface area (Å²) in [6.45, 7) is 1.86. The standard InChI is InChI=1S/C13H9F3N2S/c1-7-4-9-10(6-18-12(9)17-5-7)8-2-3-19-11(8)13(14,15)16/h2-6H,1H3,(H,17,18). The minimum Gasteiger partial charge on any atom is -0.346 e. The lowest BCUT2D eigenvalue weighted by atomic mass is 10.1. The second-order valence-corrected chi connectivity index (χ2v) is 5.19. The summed E-state index contributed by atoms with van der Waals surface area (Å²) < 4.78 is 38.8. The molecule has 0 aliphatic carbocycles. The lowest BCUT2D eigenvalue weighted by Crippen LogP contribution is -2.03. The highest BCUT2D eigenvalue weighted by molar-refractivity contribution is 7.10. The molecule has 0 aliphatic rings. The normalized spacial score (nSPS) is 12.2. The predicted molar refractivity (Wildman–Crippen MR) is 69.1 cm³/mol. The van der Waals surface area contributed by atoms with E-state index in [0.29, 0.717) is 27.9 Å². The van der Waals surface area contributed by atoms with Crippen molar-refractivity contribution < 1.29 is 13.2 Å². The minimum atomic E-state index is -4.33. The number of hydrogen-bond donors (Lipinski definition) is 1. The van der Waals surface area contributed by atoms with Crippen LogP contribution in [0.25, 0.3) is 22.2 Å². The molecule has 0 spiro atoms. The van der Waals surface area contributed by atoms with Gasteiger partial charge in [0, 0.05) is 28.9 Å². The molecule has 0 aliphatic heterocycles. The zero-order valence-corrected chi connectivity index (χ0v) is 10.7. The van der Waals surface area contributed by atoms with E-state index in [0.717, 1.165) is 5.56 Å². The average Bonchev–Trinajstić information content (AvgIpc) is 2.91. The van der Waals surface area contributed by atoms with Gasteiger partial charge in [-0.3, -0.25) is 0 Å². The Balaban J connectivity index is 2.26. The molecule has 2 nitrogen and oxygen atoms in total. The van der Waals surface area contributed by atoms with Crippen LogP contribution in [0.3, 0.4) is 0 Å². The summed E-state index contributed by atoms with van der Waals surface area (Å²) in [6.07, 6.45) is -1.07. The molecule has 0 amide bonds. The monoisotopic (exact) mass is 282 g/mol. The molecule has 0 saturated carbocycles. The molecule has 3 aromatic heterocycles. The molecule has 0 aromatic carbocycles. The highest BCUT2D eigenvalue weighted by Gasteiger charge is 2.35. The SMILES string of the molecule is Cc1cnc2[nH]cc(-c3ccsc3C(F)(F)F)c2c1. The van der Waals surface area contributed by atoms with Gasteiger partial charge >= 0.3 is 6.18 Å². The van der Waals surface area contributed by atoms with Crippen LogP contribution < -0.4 is 0 Å². The summed E-state index contributed by atoms with van der Waals surface area (Å²) in [5.41, 5.74) is 2.26. The maximum absolute atomic E-state index is 12.9. The van der Waals surface area contributed by atoms with Crippen LogP contribution >= 0.6 is 11.3 Å². The number of aryl methyl sites for hydroxylation is 1. The van der Waals surface area contributed by atoms with E-state index in [1.807, 2.05) is 13.0 Å². The molecule has 98 valence electrons. The highest BCUT2D eigenvalue weighted by atomic mass is 32.1. The summed E-state index contributed by atoms with van der Waals surface area (Å²) in [5, 5.41) is 2.17. The van der Waals surface area contributed by atoms with Crippen LogP contribution in [0.15, 0.2) is 29.9 Å². The molecular formula is C13H9F3N2S. The Morgan fingerprint density at radius 1 is 1.26 bits per heavy atom. The Kier molecular flexibility index (Phi) is 2.63. The third-order valence-corrected chi connectivity index (χ3v) is 3.84. The van der Waals surface area contributed by atoms with Gasteiger partial charge in [0.05, 0.1) is 0 Å². The third-order valence-electron chi connectivity index (χ3n) is 2.88. The Morgan fingerprint density at radius 3 is 2.79 bits per heavy atom. The molecule has 0 unspecified atom stereocenters. The van der Waals surface area contributed by atoms with Crippen LogP contribution in [-0.2, 0) is 6.18 Å². The number of aromatic nitrogens is 2. The molecule has 0 bridgehead atoms. The zero-order chi connectivity index (χ0) is 13.6. The number of pyridine rings is 1. The van der Waals surface area contributed by atoms with Crippen LogP contribution in [-0.4, -0.2) is 9.97 Å². The Morgan fingerprint density at radius 2 is 2.05 bits per heavy atom.